The van der Waals surface area contributed by atoms with E-state index in [2.05, 4.69) is 4.98 Å². The molecule has 0 unspecified atom stereocenters. The molecule has 27 heavy (non-hydrogen) atoms. The summed E-state index contributed by atoms with van der Waals surface area (Å²) in [7, 11) is 1.71. The topological polar surface area (TPSA) is 52.0 Å². The zero-order chi connectivity index (χ0) is 19.4. The maximum Gasteiger partial charge on any atom is 0.257 e. The Kier molecular flexibility index (Phi) is 5.91. The Labute approximate surface area is 163 Å². The predicted octanol–water partition coefficient (Wildman–Crippen LogP) is 3.96. The molecule has 0 saturated heterocycles. The lowest BCUT2D eigenvalue weighted by Crippen LogP contribution is -2.26. The van der Waals surface area contributed by atoms with Crippen LogP contribution < -0.4 is 5.56 Å². The first kappa shape index (κ1) is 19.1. The van der Waals surface area contributed by atoms with Crippen molar-refractivity contribution in [1.82, 2.24) is 9.55 Å². The van der Waals surface area contributed by atoms with Crippen molar-refractivity contribution in [2.45, 2.75) is 25.4 Å². The van der Waals surface area contributed by atoms with Crippen LogP contribution in [0.2, 0.25) is 0 Å². The average Bonchev–Trinajstić information content (AvgIpc) is 2.68. The van der Waals surface area contributed by atoms with Crippen molar-refractivity contribution >= 4 is 17.5 Å². The summed E-state index contributed by atoms with van der Waals surface area (Å²) in [6, 6.07) is 17.2. The largest absolute Gasteiger partial charge is 0.293 e. The van der Waals surface area contributed by atoms with Crippen molar-refractivity contribution in [3.63, 3.8) is 0 Å². The Morgan fingerprint density at radius 1 is 1.04 bits per heavy atom. The van der Waals surface area contributed by atoms with Crippen LogP contribution in [0.15, 0.2) is 64.5 Å². The van der Waals surface area contributed by atoms with Crippen LogP contribution in [-0.4, -0.2) is 21.1 Å². The van der Waals surface area contributed by atoms with Crippen LogP contribution in [0.3, 0.4) is 0 Å². The molecule has 0 spiro atoms. The highest BCUT2D eigenvalue weighted by Gasteiger charge is 2.15. The lowest BCUT2D eigenvalue weighted by molar-refractivity contribution is 0.102. The summed E-state index contributed by atoms with van der Waals surface area (Å²) in [5.41, 5.74) is 4.31. The number of thioether (sulfide) groups is 1. The van der Waals surface area contributed by atoms with Crippen LogP contribution >= 0.6 is 11.8 Å². The Bertz CT molecular complexity index is 1030. The van der Waals surface area contributed by atoms with Gasteiger partial charge in [0.25, 0.3) is 5.56 Å². The zero-order valence-corrected chi connectivity index (χ0v) is 16.5. The Balaban J connectivity index is 1.82. The van der Waals surface area contributed by atoms with Gasteiger partial charge in [0.05, 0.1) is 5.75 Å². The summed E-state index contributed by atoms with van der Waals surface area (Å²) in [5, 5.41) is 0.565. The number of ketones is 1. The van der Waals surface area contributed by atoms with Crippen LogP contribution in [0.25, 0.3) is 0 Å². The van der Waals surface area contributed by atoms with Gasteiger partial charge in [0.2, 0.25) is 0 Å². The summed E-state index contributed by atoms with van der Waals surface area (Å²) in [5.74, 6) is 0.275. The zero-order valence-electron chi connectivity index (χ0n) is 15.7. The summed E-state index contributed by atoms with van der Waals surface area (Å²) in [4.78, 5) is 29.8. The number of carbonyl (C=O) groups is 1. The molecule has 3 rings (SSSR count). The van der Waals surface area contributed by atoms with E-state index in [0.717, 1.165) is 16.8 Å². The van der Waals surface area contributed by atoms with Gasteiger partial charge in [-0.05, 0) is 25.0 Å². The Morgan fingerprint density at radius 3 is 2.41 bits per heavy atom. The van der Waals surface area contributed by atoms with E-state index in [1.54, 1.807) is 23.7 Å². The number of hydrogen-bond acceptors (Lipinski definition) is 4. The van der Waals surface area contributed by atoms with Crippen molar-refractivity contribution in [3.05, 3.63) is 92.9 Å². The van der Waals surface area contributed by atoms with Gasteiger partial charge in [-0.25, -0.2) is 4.98 Å². The van der Waals surface area contributed by atoms with Gasteiger partial charge in [-0.15, -0.1) is 0 Å². The average molecular weight is 378 g/mol. The quantitative estimate of drug-likeness (QED) is 0.370. The van der Waals surface area contributed by atoms with E-state index in [9.17, 15) is 9.59 Å². The fourth-order valence-electron chi connectivity index (χ4n) is 2.90. The molecule has 2 aromatic carbocycles. The summed E-state index contributed by atoms with van der Waals surface area (Å²) in [6.45, 7) is 3.90. The van der Waals surface area contributed by atoms with Gasteiger partial charge in [0.1, 0.15) is 0 Å². The molecule has 0 saturated carbocycles. The second kappa shape index (κ2) is 8.35. The van der Waals surface area contributed by atoms with Gasteiger partial charge in [-0.3, -0.25) is 14.2 Å². The molecule has 0 amide bonds. The van der Waals surface area contributed by atoms with E-state index in [0.29, 0.717) is 22.7 Å². The molecule has 0 bridgehead atoms. The number of carbonyl (C=O) groups excluding carboxylic acids is 1. The maximum absolute atomic E-state index is 12.9. The summed E-state index contributed by atoms with van der Waals surface area (Å²) >= 11 is 1.30. The Morgan fingerprint density at radius 2 is 1.70 bits per heavy atom. The predicted molar refractivity (Wildman–Crippen MR) is 110 cm³/mol. The molecule has 0 aliphatic carbocycles. The molecular formula is C22H22N2O2S. The van der Waals surface area contributed by atoms with Crippen molar-refractivity contribution in [2.24, 2.45) is 7.05 Å². The molecular weight excluding hydrogens is 356 g/mol. The van der Waals surface area contributed by atoms with E-state index < -0.39 is 0 Å². The molecule has 4 nitrogen and oxygen atoms in total. The first-order valence-corrected chi connectivity index (χ1v) is 9.78. The lowest BCUT2D eigenvalue weighted by Gasteiger charge is -2.13. The van der Waals surface area contributed by atoms with Crippen LogP contribution in [0.1, 0.15) is 32.7 Å². The highest BCUT2D eigenvalue weighted by Crippen LogP contribution is 2.19. The number of hydrogen-bond donors (Lipinski definition) is 0. The molecule has 1 aromatic heterocycles. The molecule has 0 aliphatic rings. The molecule has 0 fully saturated rings. The van der Waals surface area contributed by atoms with Gasteiger partial charge < -0.3 is 0 Å². The van der Waals surface area contributed by atoms with E-state index in [1.165, 1.54) is 11.8 Å². The molecule has 0 aliphatic heterocycles. The molecule has 1 heterocycles. The van der Waals surface area contributed by atoms with Crippen molar-refractivity contribution in [3.8, 4) is 0 Å². The van der Waals surface area contributed by atoms with E-state index in [1.807, 2.05) is 56.3 Å². The molecule has 0 atom stereocenters. The highest BCUT2D eigenvalue weighted by molar-refractivity contribution is 7.99. The minimum atomic E-state index is -0.0552. The first-order valence-electron chi connectivity index (χ1n) is 8.79. The third-order valence-corrected chi connectivity index (χ3v) is 5.64. The third kappa shape index (κ3) is 4.37. The summed E-state index contributed by atoms with van der Waals surface area (Å²) < 4.78 is 1.55. The van der Waals surface area contributed by atoms with Crippen molar-refractivity contribution in [2.75, 3.05) is 5.75 Å². The number of rotatable bonds is 6. The minimum Gasteiger partial charge on any atom is -0.293 e. The number of benzene rings is 2. The molecule has 5 heteroatoms. The smallest absolute Gasteiger partial charge is 0.257 e. The third-order valence-electron chi connectivity index (χ3n) is 4.61. The highest BCUT2D eigenvalue weighted by atomic mass is 32.2. The van der Waals surface area contributed by atoms with Crippen LogP contribution in [0, 0.1) is 13.8 Å². The lowest BCUT2D eigenvalue weighted by atomic mass is 10.0. The minimum absolute atomic E-state index is 0.0245. The standard InChI is InChI=1S/C22H22N2O2S/c1-15-9-7-8-12-18(15)13-19-16(2)23-22(24(3)21(19)26)27-14-20(25)17-10-5-4-6-11-17/h4-12H,13-14H2,1-3H3. The van der Waals surface area contributed by atoms with Crippen molar-refractivity contribution < 1.29 is 4.79 Å². The van der Waals surface area contributed by atoms with Gasteiger partial charge in [0, 0.05) is 30.3 Å². The van der Waals surface area contributed by atoms with E-state index in [4.69, 9.17) is 0 Å². The van der Waals surface area contributed by atoms with Gasteiger partial charge in [-0.2, -0.15) is 0 Å². The first-order chi connectivity index (χ1) is 13.0. The SMILES string of the molecule is Cc1ccccc1Cc1c(C)nc(SCC(=O)c2ccccc2)n(C)c1=O. The van der Waals surface area contributed by atoms with E-state index in [-0.39, 0.29) is 17.1 Å². The van der Waals surface area contributed by atoms with Crippen LogP contribution in [0.4, 0.5) is 0 Å². The molecule has 138 valence electrons. The van der Waals surface area contributed by atoms with E-state index >= 15 is 0 Å². The second-order valence-electron chi connectivity index (χ2n) is 6.50. The number of aryl methyl sites for hydroxylation is 2. The number of nitrogens with zero attached hydrogens (tertiary/aromatic N) is 2. The van der Waals surface area contributed by atoms with Crippen molar-refractivity contribution in [1.29, 1.82) is 0 Å². The second-order valence-corrected chi connectivity index (χ2v) is 7.45. The summed E-state index contributed by atoms with van der Waals surface area (Å²) in [6.07, 6.45) is 0.562. The molecule has 0 radical (unpaired) electrons. The fourth-order valence-corrected chi connectivity index (χ4v) is 3.80. The molecule has 0 N–H and O–H groups in total. The van der Waals surface area contributed by atoms with Crippen LogP contribution in [0.5, 0.6) is 0 Å². The van der Waals surface area contributed by atoms with Gasteiger partial charge in [0.15, 0.2) is 10.9 Å². The fraction of sp³-hybridized carbons (Fsp3) is 0.227. The molecule has 3 aromatic rings. The monoisotopic (exact) mass is 378 g/mol. The number of aromatic nitrogens is 2. The van der Waals surface area contributed by atoms with Gasteiger partial charge >= 0.3 is 0 Å². The Hall–Kier alpha value is -2.66. The van der Waals surface area contributed by atoms with Gasteiger partial charge in [-0.1, -0.05) is 66.4 Å². The normalized spacial score (nSPS) is 10.8. The maximum atomic E-state index is 12.9. The van der Waals surface area contributed by atoms with Crippen LogP contribution in [-0.2, 0) is 13.5 Å². The number of Topliss-reactive ketones (excluding diaryl/α,β-unsaturated/α-hetero) is 1.